The number of hydrogen-bond donors (Lipinski definition) is 2. The molecule has 5 heteroatoms. The predicted molar refractivity (Wildman–Crippen MR) is 71.7 cm³/mol. The topological polar surface area (TPSA) is 53.1 Å². The summed E-state index contributed by atoms with van der Waals surface area (Å²) in [6, 6.07) is 3.72. The van der Waals surface area contributed by atoms with Crippen molar-refractivity contribution in [3.8, 4) is 0 Å². The molecule has 1 aromatic carbocycles. The lowest BCUT2D eigenvalue weighted by atomic mass is 9.96. The molecule has 0 spiro atoms. The van der Waals surface area contributed by atoms with E-state index in [1.54, 1.807) is 6.20 Å². The lowest BCUT2D eigenvalue weighted by molar-refractivity contribution is -0.138. The summed E-state index contributed by atoms with van der Waals surface area (Å²) in [6.07, 6.45) is 2.26. The van der Waals surface area contributed by atoms with Crippen molar-refractivity contribution in [2.45, 2.75) is 19.3 Å². The summed E-state index contributed by atoms with van der Waals surface area (Å²) in [5, 5.41) is 10.5. The molecule has 90 valence electrons. The van der Waals surface area contributed by atoms with Gasteiger partial charge in [-0.15, -0.1) is 0 Å². The molecule has 0 aliphatic carbocycles. The van der Waals surface area contributed by atoms with Crippen LogP contribution in [0.3, 0.4) is 0 Å². The number of nitrogens with one attached hydrogen (secondary N) is 1. The number of aliphatic carboxylic acids is 1. The zero-order valence-electron chi connectivity index (χ0n) is 9.13. The molecular weight excluding hydrogens is 305 g/mol. The molecular formula is C12H11BrClNO2. The average molecular weight is 317 g/mol. The molecule has 0 fully saturated rings. The van der Waals surface area contributed by atoms with Crippen LogP contribution in [0.5, 0.6) is 0 Å². The molecule has 0 saturated carbocycles. The smallest absolute Gasteiger partial charge is 0.311 e. The fourth-order valence-corrected chi connectivity index (χ4v) is 2.59. The van der Waals surface area contributed by atoms with Gasteiger partial charge >= 0.3 is 5.97 Å². The Hall–Kier alpha value is -1.000. The molecule has 1 atom stereocenters. The summed E-state index contributed by atoms with van der Waals surface area (Å²) in [5.74, 6) is -1.36. The molecule has 2 aromatic rings. The highest BCUT2D eigenvalue weighted by atomic mass is 79.9. The van der Waals surface area contributed by atoms with E-state index in [0.29, 0.717) is 11.4 Å². The highest BCUT2D eigenvalue weighted by Gasteiger charge is 2.22. The molecule has 0 radical (unpaired) electrons. The van der Waals surface area contributed by atoms with Crippen molar-refractivity contribution in [1.29, 1.82) is 0 Å². The zero-order valence-corrected chi connectivity index (χ0v) is 11.5. The Morgan fingerprint density at radius 3 is 2.88 bits per heavy atom. The van der Waals surface area contributed by atoms with E-state index in [1.165, 1.54) is 0 Å². The number of aromatic amines is 1. The maximum absolute atomic E-state index is 11.2. The predicted octanol–water partition coefficient (Wildman–Crippen LogP) is 4.16. The molecule has 17 heavy (non-hydrogen) atoms. The lowest BCUT2D eigenvalue weighted by Crippen LogP contribution is -2.09. The summed E-state index contributed by atoms with van der Waals surface area (Å²) in [4.78, 5) is 14.3. The fraction of sp³-hybridized carbons (Fsp3) is 0.250. The Kier molecular flexibility index (Phi) is 3.45. The number of H-pyrrole nitrogens is 1. The number of carboxylic acid groups (broad SMARTS) is 1. The van der Waals surface area contributed by atoms with Gasteiger partial charge in [-0.3, -0.25) is 4.79 Å². The van der Waals surface area contributed by atoms with E-state index < -0.39 is 11.9 Å². The fourth-order valence-electron chi connectivity index (χ4n) is 1.98. The van der Waals surface area contributed by atoms with Gasteiger partial charge < -0.3 is 10.1 Å². The van der Waals surface area contributed by atoms with Gasteiger partial charge in [-0.25, -0.2) is 0 Å². The van der Waals surface area contributed by atoms with Crippen LogP contribution >= 0.6 is 27.5 Å². The van der Waals surface area contributed by atoms with E-state index in [9.17, 15) is 9.90 Å². The maximum Gasteiger partial charge on any atom is 0.311 e. The van der Waals surface area contributed by atoms with Gasteiger partial charge in [0.05, 0.1) is 10.9 Å². The highest BCUT2D eigenvalue weighted by molar-refractivity contribution is 9.10. The third-order valence-electron chi connectivity index (χ3n) is 2.85. The van der Waals surface area contributed by atoms with E-state index in [1.807, 2.05) is 19.1 Å². The molecule has 1 heterocycles. The van der Waals surface area contributed by atoms with Crippen LogP contribution in [0.25, 0.3) is 10.9 Å². The number of hydrogen-bond acceptors (Lipinski definition) is 1. The summed E-state index contributed by atoms with van der Waals surface area (Å²) in [7, 11) is 0. The second kappa shape index (κ2) is 4.70. The van der Waals surface area contributed by atoms with E-state index >= 15 is 0 Å². The van der Waals surface area contributed by atoms with Crippen molar-refractivity contribution < 1.29 is 9.90 Å². The SMILES string of the molecule is CCC(C(=O)O)c1c[nH]c2ccc(Br)c(Cl)c12. The molecule has 1 unspecified atom stereocenters. The highest BCUT2D eigenvalue weighted by Crippen LogP contribution is 2.37. The van der Waals surface area contributed by atoms with E-state index in [2.05, 4.69) is 20.9 Å². The molecule has 2 N–H and O–H groups in total. The summed E-state index contributed by atoms with van der Waals surface area (Å²) < 4.78 is 0.771. The van der Waals surface area contributed by atoms with Crippen LogP contribution in [-0.2, 0) is 4.79 Å². The minimum Gasteiger partial charge on any atom is -0.481 e. The quantitative estimate of drug-likeness (QED) is 0.893. The van der Waals surface area contributed by atoms with Gasteiger partial charge in [0.1, 0.15) is 0 Å². The summed E-state index contributed by atoms with van der Waals surface area (Å²) in [5.41, 5.74) is 1.59. The van der Waals surface area contributed by atoms with Crippen molar-refractivity contribution in [3.63, 3.8) is 0 Å². The number of fused-ring (bicyclic) bond motifs is 1. The third-order valence-corrected chi connectivity index (χ3v) is 4.13. The van der Waals surface area contributed by atoms with Gasteiger partial charge in [0.15, 0.2) is 0 Å². The third kappa shape index (κ3) is 2.07. The van der Waals surface area contributed by atoms with Crippen LogP contribution in [-0.4, -0.2) is 16.1 Å². The molecule has 0 saturated heterocycles. The van der Waals surface area contributed by atoms with Gasteiger partial charge in [-0.1, -0.05) is 18.5 Å². The number of rotatable bonds is 3. The van der Waals surface area contributed by atoms with E-state index in [0.717, 1.165) is 20.9 Å². The van der Waals surface area contributed by atoms with Crippen LogP contribution in [0.4, 0.5) is 0 Å². The van der Waals surface area contributed by atoms with Crippen LogP contribution in [0.2, 0.25) is 5.02 Å². The number of benzene rings is 1. The summed E-state index contributed by atoms with van der Waals surface area (Å²) in [6.45, 7) is 1.85. The van der Waals surface area contributed by atoms with Gasteiger partial charge in [-0.05, 0) is 40.0 Å². The Morgan fingerprint density at radius 2 is 2.29 bits per heavy atom. The molecule has 0 amide bonds. The average Bonchev–Trinajstić information content (AvgIpc) is 2.69. The first-order valence-corrected chi connectivity index (χ1v) is 6.41. The first kappa shape index (κ1) is 12.5. The first-order valence-electron chi connectivity index (χ1n) is 5.24. The minimum absolute atomic E-state index is 0.532. The summed E-state index contributed by atoms with van der Waals surface area (Å²) >= 11 is 9.57. The molecule has 0 aliphatic rings. The Bertz CT molecular complexity index is 579. The van der Waals surface area contributed by atoms with Crippen molar-refractivity contribution in [2.24, 2.45) is 0 Å². The Morgan fingerprint density at radius 1 is 1.59 bits per heavy atom. The second-order valence-corrected chi connectivity index (χ2v) is 5.06. The lowest BCUT2D eigenvalue weighted by Gasteiger charge is -2.09. The number of carbonyl (C=O) groups is 1. The number of carboxylic acids is 1. The molecule has 1 aromatic heterocycles. The van der Waals surface area contributed by atoms with Crippen LogP contribution in [0.15, 0.2) is 22.8 Å². The second-order valence-electron chi connectivity index (χ2n) is 3.83. The molecule has 2 rings (SSSR count). The largest absolute Gasteiger partial charge is 0.481 e. The van der Waals surface area contributed by atoms with Gasteiger partial charge in [0, 0.05) is 21.6 Å². The first-order chi connectivity index (χ1) is 8.06. The monoisotopic (exact) mass is 315 g/mol. The number of aromatic nitrogens is 1. The molecule has 0 bridgehead atoms. The van der Waals surface area contributed by atoms with E-state index in [4.69, 9.17) is 11.6 Å². The van der Waals surface area contributed by atoms with Crippen LogP contribution in [0, 0.1) is 0 Å². The van der Waals surface area contributed by atoms with Gasteiger partial charge in [0.2, 0.25) is 0 Å². The van der Waals surface area contributed by atoms with Crippen molar-refractivity contribution in [1.82, 2.24) is 4.98 Å². The van der Waals surface area contributed by atoms with Crippen LogP contribution < -0.4 is 0 Å². The zero-order chi connectivity index (χ0) is 12.6. The number of halogens is 2. The van der Waals surface area contributed by atoms with Crippen molar-refractivity contribution in [2.75, 3.05) is 0 Å². The Balaban J connectivity index is 2.70. The van der Waals surface area contributed by atoms with Gasteiger partial charge in [-0.2, -0.15) is 0 Å². The standard InChI is InChI=1S/C12H11BrClNO2/c1-2-6(12(16)17)7-5-15-9-4-3-8(13)11(14)10(7)9/h3-6,15H,2H2,1H3,(H,16,17). The van der Waals surface area contributed by atoms with Crippen LogP contribution in [0.1, 0.15) is 24.8 Å². The van der Waals surface area contributed by atoms with Crippen molar-refractivity contribution in [3.05, 3.63) is 33.4 Å². The minimum atomic E-state index is -0.829. The Labute approximate surface area is 112 Å². The molecule has 0 aliphatic heterocycles. The van der Waals surface area contributed by atoms with Crippen molar-refractivity contribution >= 4 is 44.4 Å². The maximum atomic E-state index is 11.2. The normalized spacial score (nSPS) is 12.9. The van der Waals surface area contributed by atoms with E-state index in [-0.39, 0.29) is 0 Å². The van der Waals surface area contributed by atoms with Gasteiger partial charge in [0.25, 0.3) is 0 Å². The molecule has 3 nitrogen and oxygen atoms in total.